The van der Waals surface area contributed by atoms with Crippen LogP contribution in [0.15, 0.2) is 54.6 Å². The second-order valence-corrected chi connectivity index (χ2v) is 5.32. The Morgan fingerprint density at radius 1 is 1.10 bits per heavy atom. The van der Waals surface area contributed by atoms with Crippen LogP contribution in [0.4, 0.5) is 5.69 Å². The molecule has 1 N–H and O–H groups in total. The van der Waals surface area contributed by atoms with Crippen LogP contribution in [0, 0.1) is 0 Å². The average molecular weight is 280 g/mol. The normalized spacial score (nSPS) is 17.1. The Morgan fingerprint density at radius 2 is 1.76 bits per heavy atom. The van der Waals surface area contributed by atoms with Crippen LogP contribution >= 0.6 is 0 Å². The Kier molecular flexibility index (Phi) is 4.02. The topological polar surface area (TPSA) is 32.3 Å². The zero-order valence-electron chi connectivity index (χ0n) is 12.3. The first-order valence-corrected chi connectivity index (χ1v) is 7.46. The molecule has 0 fully saturated rings. The van der Waals surface area contributed by atoms with Crippen molar-refractivity contribution in [3.8, 4) is 0 Å². The maximum Gasteiger partial charge on any atom is 0.244 e. The molecule has 0 aliphatic carbocycles. The summed E-state index contributed by atoms with van der Waals surface area (Å²) in [5.74, 6) is 0.151. The van der Waals surface area contributed by atoms with Gasteiger partial charge in [0.15, 0.2) is 0 Å². The first kappa shape index (κ1) is 13.8. The molecule has 1 amide bonds. The van der Waals surface area contributed by atoms with Crippen molar-refractivity contribution in [1.82, 2.24) is 5.32 Å². The smallest absolute Gasteiger partial charge is 0.244 e. The van der Waals surface area contributed by atoms with Crippen LogP contribution in [0.2, 0.25) is 0 Å². The zero-order valence-corrected chi connectivity index (χ0v) is 12.3. The predicted molar refractivity (Wildman–Crippen MR) is 85.2 cm³/mol. The zero-order chi connectivity index (χ0) is 14.7. The number of amides is 1. The van der Waals surface area contributed by atoms with Gasteiger partial charge in [0.05, 0.1) is 6.04 Å². The fourth-order valence-corrected chi connectivity index (χ4v) is 2.89. The number of likely N-dealkylation sites (N-methyl/N-ethyl adjacent to an activating group) is 1. The Labute approximate surface area is 125 Å². The third-order valence-corrected chi connectivity index (χ3v) is 4.03. The molecule has 1 aliphatic heterocycles. The molecule has 3 nitrogen and oxygen atoms in total. The van der Waals surface area contributed by atoms with Gasteiger partial charge in [-0.05, 0) is 36.6 Å². The van der Waals surface area contributed by atoms with Gasteiger partial charge in [0.1, 0.15) is 0 Å². The molecule has 0 saturated heterocycles. The van der Waals surface area contributed by atoms with Gasteiger partial charge in [0.2, 0.25) is 5.91 Å². The monoisotopic (exact) mass is 280 g/mol. The van der Waals surface area contributed by atoms with Gasteiger partial charge in [-0.2, -0.15) is 0 Å². The van der Waals surface area contributed by atoms with Gasteiger partial charge in [-0.3, -0.25) is 4.79 Å². The van der Waals surface area contributed by atoms with Crippen LogP contribution in [0.1, 0.15) is 18.1 Å². The number of anilines is 1. The number of fused-ring (bicyclic) bond motifs is 1. The minimum absolute atomic E-state index is 0.139. The van der Waals surface area contributed by atoms with Crippen LogP contribution in [-0.4, -0.2) is 18.5 Å². The summed E-state index contributed by atoms with van der Waals surface area (Å²) >= 11 is 0. The van der Waals surface area contributed by atoms with E-state index in [9.17, 15) is 4.79 Å². The molecule has 3 heteroatoms. The highest BCUT2D eigenvalue weighted by atomic mass is 16.2. The van der Waals surface area contributed by atoms with E-state index in [0.717, 1.165) is 18.7 Å². The van der Waals surface area contributed by atoms with Gasteiger partial charge in [0.25, 0.3) is 0 Å². The number of rotatable bonds is 3. The SMILES string of the molecule is CCN(C(=O)[C@H]1Cc2ccccc2CN1)c1ccccc1. The van der Waals surface area contributed by atoms with Crippen molar-refractivity contribution >= 4 is 11.6 Å². The van der Waals surface area contributed by atoms with E-state index in [2.05, 4.69) is 17.4 Å². The van der Waals surface area contributed by atoms with Crippen molar-refractivity contribution in [2.75, 3.05) is 11.4 Å². The summed E-state index contributed by atoms with van der Waals surface area (Å²) < 4.78 is 0. The van der Waals surface area contributed by atoms with Crippen LogP contribution in [0.3, 0.4) is 0 Å². The van der Waals surface area contributed by atoms with Gasteiger partial charge in [-0.15, -0.1) is 0 Å². The molecule has 2 aromatic rings. The average Bonchev–Trinajstić information content (AvgIpc) is 2.56. The summed E-state index contributed by atoms with van der Waals surface area (Å²) in [7, 11) is 0. The van der Waals surface area contributed by atoms with E-state index in [1.54, 1.807) is 0 Å². The highest BCUT2D eigenvalue weighted by Gasteiger charge is 2.27. The summed E-state index contributed by atoms with van der Waals surface area (Å²) in [6.07, 6.45) is 0.762. The Morgan fingerprint density at radius 3 is 2.48 bits per heavy atom. The fourth-order valence-electron chi connectivity index (χ4n) is 2.89. The maximum atomic E-state index is 12.8. The highest BCUT2D eigenvalue weighted by Crippen LogP contribution is 2.20. The Balaban J connectivity index is 1.79. The first-order valence-electron chi connectivity index (χ1n) is 7.46. The standard InChI is InChI=1S/C18H20N2O/c1-2-20(16-10-4-3-5-11-16)18(21)17-12-14-8-6-7-9-15(14)13-19-17/h3-11,17,19H,2,12-13H2,1H3/t17-/m1/s1. The third-order valence-electron chi connectivity index (χ3n) is 4.03. The highest BCUT2D eigenvalue weighted by molar-refractivity contribution is 5.97. The van der Waals surface area contributed by atoms with Gasteiger partial charge in [-0.25, -0.2) is 0 Å². The summed E-state index contributed by atoms with van der Waals surface area (Å²) in [5.41, 5.74) is 3.54. The van der Waals surface area contributed by atoms with E-state index in [-0.39, 0.29) is 11.9 Å². The molecular formula is C18H20N2O. The maximum absolute atomic E-state index is 12.8. The molecule has 1 heterocycles. The molecule has 108 valence electrons. The van der Waals surface area contributed by atoms with Crippen molar-refractivity contribution in [2.24, 2.45) is 0 Å². The second-order valence-electron chi connectivity index (χ2n) is 5.32. The lowest BCUT2D eigenvalue weighted by Crippen LogP contribution is -2.49. The Bertz CT molecular complexity index is 624. The molecule has 0 bridgehead atoms. The van der Waals surface area contributed by atoms with Crippen molar-refractivity contribution in [3.63, 3.8) is 0 Å². The molecule has 1 aliphatic rings. The van der Waals surface area contributed by atoms with Crippen LogP contribution in [0.5, 0.6) is 0 Å². The molecule has 3 rings (SSSR count). The van der Waals surface area contributed by atoms with Gasteiger partial charge < -0.3 is 10.2 Å². The molecule has 0 saturated carbocycles. The van der Waals surface area contributed by atoms with Crippen molar-refractivity contribution in [3.05, 3.63) is 65.7 Å². The van der Waals surface area contributed by atoms with Crippen LogP contribution < -0.4 is 10.2 Å². The number of carbonyl (C=O) groups is 1. The van der Waals surface area contributed by atoms with E-state index in [0.29, 0.717) is 6.54 Å². The number of hydrogen-bond donors (Lipinski definition) is 1. The largest absolute Gasteiger partial charge is 0.311 e. The van der Waals surface area contributed by atoms with Crippen molar-refractivity contribution in [1.29, 1.82) is 0 Å². The number of carbonyl (C=O) groups excluding carboxylic acids is 1. The van der Waals surface area contributed by atoms with E-state index in [1.807, 2.05) is 54.3 Å². The van der Waals surface area contributed by atoms with E-state index in [1.165, 1.54) is 11.1 Å². The first-order chi connectivity index (χ1) is 10.3. The quantitative estimate of drug-likeness (QED) is 0.937. The van der Waals surface area contributed by atoms with Crippen LogP contribution in [0.25, 0.3) is 0 Å². The number of para-hydroxylation sites is 1. The summed E-state index contributed by atoms with van der Waals surface area (Å²) in [6.45, 7) is 3.46. The van der Waals surface area contributed by atoms with Crippen LogP contribution in [-0.2, 0) is 17.8 Å². The van der Waals surface area contributed by atoms with E-state index >= 15 is 0 Å². The Hall–Kier alpha value is -2.13. The molecule has 2 aromatic carbocycles. The second kappa shape index (κ2) is 6.10. The lowest BCUT2D eigenvalue weighted by molar-refractivity contribution is -0.120. The summed E-state index contributed by atoms with van der Waals surface area (Å²) in [6, 6.07) is 18.1. The number of nitrogens with zero attached hydrogens (tertiary/aromatic N) is 1. The lowest BCUT2D eigenvalue weighted by atomic mass is 9.95. The van der Waals surface area contributed by atoms with Crippen molar-refractivity contribution in [2.45, 2.75) is 25.9 Å². The van der Waals surface area contributed by atoms with Gasteiger partial charge >= 0.3 is 0 Å². The number of benzene rings is 2. The van der Waals surface area contributed by atoms with E-state index < -0.39 is 0 Å². The van der Waals surface area contributed by atoms with E-state index in [4.69, 9.17) is 0 Å². The third kappa shape index (κ3) is 2.83. The minimum Gasteiger partial charge on any atom is -0.311 e. The van der Waals surface area contributed by atoms with Gasteiger partial charge in [0, 0.05) is 18.8 Å². The predicted octanol–water partition coefficient (Wildman–Crippen LogP) is 2.75. The summed E-state index contributed by atoms with van der Waals surface area (Å²) in [5, 5.41) is 3.37. The fraction of sp³-hybridized carbons (Fsp3) is 0.278. The van der Waals surface area contributed by atoms with Crippen molar-refractivity contribution < 1.29 is 4.79 Å². The van der Waals surface area contributed by atoms with Gasteiger partial charge in [-0.1, -0.05) is 42.5 Å². The number of nitrogens with one attached hydrogen (secondary N) is 1. The molecule has 1 atom stereocenters. The molecule has 0 radical (unpaired) electrons. The number of hydrogen-bond acceptors (Lipinski definition) is 2. The minimum atomic E-state index is -0.139. The lowest BCUT2D eigenvalue weighted by Gasteiger charge is -2.30. The molecule has 0 aromatic heterocycles. The molecule has 0 unspecified atom stereocenters. The molecular weight excluding hydrogens is 260 g/mol. The summed E-state index contributed by atoms with van der Waals surface area (Å²) in [4.78, 5) is 14.7. The molecule has 21 heavy (non-hydrogen) atoms. The molecule has 0 spiro atoms.